The molecule has 0 aliphatic rings. The molecule has 2 aromatic carbocycles. The largest absolute Gasteiger partial charge is 0.497 e. The Morgan fingerprint density at radius 1 is 1.14 bits per heavy atom. The van der Waals surface area contributed by atoms with E-state index in [2.05, 4.69) is 44.2 Å². The molecule has 3 rings (SSSR count). The highest BCUT2D eigenvalue weighted by molar-refractivity contribution is 9.10. The molecule has 4 nitrogen and oxygen atoms in total. The van der Waals surface area contributed by atoms with Crippen LogP contribution in [0.25, 0.3) is 11.0 Å². The molecule has 1 atom stereocenters. The standard InChI is InChI=1S/C17H16BrN3O/c1-11(12-4-3-5-14(8-12)22-2)20-17-10-19-16-9-13(18)6-7-15(16)21-17/h3-11H,1-2H3,(H,20,21)/t11-/m1/s1. The van der Waals surface area contributed by atoms with Crippen molar-refractivity contribution in [3.05, 3.63) is 58.7 Å². The average Bonchev–Trinajstić information content (AvgIpc) is 2.55. The fourth-order valence-corrected chi connectivity index (χ4v) is 2.62. The molecule has 1 N–H and O–H groups in total. The van der Waals surface area contributed by atoms with Crippen molar-refractivity contribution in [3.8, 4) is 5.75 Å². The van der Waals surface area contributed by atoms with Crippen LogP contribution in [0.4, 0.5) is 5.82 Å². The summed E-state index contributed by atoms with van der Waals surface area (Å²) < 4.78 is 6.26. The van der Waals surface area contributed by atoms with Gasteiger partial charge in [0.05, 0.1) is 30.4 Å². The zero-order chi connectivity index (χ0) is 15.5. The summed E-state index contributed by atoms with van der Waals surface area (Å²) in [5.74, 6) is 1.60. The first-order valence-electron chi connectivity index (χ1n) is 6.98. The molecule has 0 amide bonds. The Morgan fingerprint density at radius 3 is 2.82 bits per heavy atom. The lowest BCUT2D eigenvalue weighted by Gasteiger charge is -2.15. The smallest absolute Gasteiger partial charge is 0.145 e. The van der Waals surface area contributed by atoms with Gasteiger partial charge in [0.25, 0.3) is 0 Å². The molecule has 0 saturated heterocycles. The van der Waals surface area contributed by atoms with Gasteiger partial charge in [-0.25, -0.2) is 4.98 Å². The Kier molecular flexibility index (Phi) is 4.24. The van der Waals surface area contributed by atoms with Crippen LogP contribution in [0.3, 0.4) is 0 Å². The van der Waals surface area contributed by atoms with Gasteiger partial charge in [0.15, 0.2) is 0 Å². The van der Waals surface area contributed by atoms with Crippen molar-refractivity contribution < 1.29 is 4.74 Å². The quantitative estimate of drug-likeness (QED) is 0.742. The second-order valence-corrected chi connectivity index (χ2v) is 5.95. The highest BCUT2D eigenvalue weighted by Gasteiger charge is 2.08. The maximum atomic E-state index is 5.26. The third kappa shape index (κ3) is 3.20. The first kappa shape index (κ1) is 14.8. The van der Waals surface area contributed by atoms with Gasteiger partial charge in [-0.2, -0.15) is 0 Å². The van der Waals surface area contributed by atoms with Crippen LogP contribution in [-0.4, -0.2) is 17.1 Å². The molecular formula is C17H16BrN3O. The van der Waals surface area contributed by atoms with Crippen LogP contribution in [0.2, 0.25) is 0 Å². The number of hydrogen-bond acceptors (Lipinski definition) is 4. The molecule has 112 valence electrons. The summed E-state index contributed by atoms with van der Waals surface area (Å²) in [6, 6.07) is 14.0. The van der Waals surface area contributed by atoms with Crippen LogP contribution >= 0.6 is 15.9 Å². The van der Waals surface area contributed by atoms with Crippen LogP contribution in [0.15, 0.2) is 53.1 Å². The molecule has 1 aromatic heterocycles. The number of methoxy groups -OCH3 is 1. The van der Waals surface area contributed by atoms with E-state index in [0.717, 1.165) is 32.6 Å². The number of nitrogens with one attached hydrogen (secondary N) is 1. The van der Waals surface area contributed by atoms with E-state index in [1.807, 2.05) is 36.4 Å². The summed E-state index contributed by atoms with van der Waals surface area (Å²) in [5.41, 5.74) is 2.87. The zero-order valence-electron chi connectivity index (χ0n) is 12.4. The van der Waals surface area contributed by atoms with E-state index < -0.39 is 0 Å². The maximum absolute atomic E-state index is 5.26. The van der Waals surface area contributed by atoms with Gasteiger partial charge >= 0.3 is 0 Å². The number of anilines is 1. The van der Waals surface area contributed by atoms with Gasteiger partial charge in [-0.3, -0.25) is 4.98 Å². The summed E-state index contributed by atoms with van der Waals surface area (Å²) in [4.78, 5) is 9.04. The van der Waals surface area contributed by atoms with Gasteiger partial charge in [-0.15, -0.1) is 0 Å². The van der Waals surface area contributed by atoms with E-state index in [1.54, 1.807) is 13.3 Å². The molecular weight excluding hydrogens is 342 g/mol. The Hall–Kier alpha value is -2.14. The zero-order valence-corrected chi connectivity index (χ0v) is 14.0. The van der Waals surface area contributed by atoms with Gasteiger partial charge in [0.1, 0.15) is 11.6 Å². The minimum Gasteiger partial charge on any atom is -0.497 e. The number of halogens is 1. The number of hydrogen-bond donors (Lipinski definition) is 1. The summed E-state index contributed by atoms with van der Waals surface area (Å²) >= 11 is 3.44. The Labute approximate surface area is 137 Å². The molecule has 0 radical (unpaired) electrons. The SMILES string of the molecule is COc1cccc([C@@H](C)Nc2cnc3cc(Br)ccc3n2)c1. The van der Waals surface area contributed by atoms with Gasteiger partial charge in [-0.1, -0.05) is 28.1 Å². The monoisotopic (exact) mass is 357 g/mol. The highest BCUT2D eigenvalue weighted by Crippen LogP contribution is 2.23. The number of nitrogens with zero attached hydrogens (tertiary/aromatic N) is 2. The van der Waals surface area contributed by atoms with Crippen molar-refractivity contribution in [2.24, 2.45) is 0 Å². The molecule has 0 aliphatic heterocycles. The number of ether oxygens (including phenoxy) is 1. The Morgan fingerprint density at radius 2 is 2.00 bits per heavy atom. The predicted octanol–water partition coefficient (Wildman–Crippen LogP) is 4.57. The molecule has 0 bridgehead atoms. The third-order valence-corrected chi connectivity index (χ3v) is 3.96. The predicted molar refractivity (Wildman–Crippen MR) is 92.3 cm³/mol. The summed E-state index contributed by atoms with van der Waals surface area (Å²) in [6.07, 6.45) is 1.76. The Balaban J connectivity index is 1.84. The molecule has 0 fully saturated rings. The van der Waals surface area contributed by atoms with E-state index in [-0.39, 0.29) is 6.04 Å². The average molecular weight is 358 g/mol. The maximum Gasteiger partial charge on any atom is 0.145 e. The first-order valence-corrected chi connectivity index (χ1v) is 7.78. The van der Waals surface area contributed by atoms with Gasteiger partial charge < -0.3 is 10.1 Å². The summed E-state index contributed by atoms with van der Waals surface area (Å²) in [6.45, 7) is 2.09. The second kappa shape index (κ2) is 6.32. The fourth-order valence-electron chi connectivity index (χ4n) is 2.27. The number of fused-ring (bicyclic) bond motifs is 1. The molecule has 22 heavy (non-hydrogen) atoms. The van der Waals surface area contributed by atoms with Crippen LogP contribution < -0.4 is 10.1 Å². The topological polar surface area (TPSA) is 47.0 Å². The number of benzene rings is 2. The van der Waals surface area contributed by atoms with E-state index >= 15 is 0 Å². The normalized spacial score (nSPS) is 12.1. The van der Waals surface area contributed by atoms with Gasteiger partial charge in [0, 0.05) is 4.47 Å². The Bertz CT molecular complexity index is 807. The molecule has 5 heteroatoms. The lowest BCUT2D eigenvalue weighted by Crippen LogP contribution is -2.08. The minimum absolute atomic E-state index is 0.109. The van der Waals surface area contributed by atoms with Crippen LogP contribution in [0.5, 0.6) is 5.75 Å². The third-order valence-electron chi connectivity index (χ3n) is 3.46. The summed E-state index contributed by atoms with van der Waals surface area (Å²) in [7, 11) is 1.67. The molecule has 0 saturated carbocycles. The minimum atomic E-state index is 0.109. The highest BCUT2D eigenvalue weighted by atomic mass is 79.9. The van der Waals surface area contributed by atoms with Crippen molar-refractivity contribution in [3.63, 3.8) is 0 Å². The number of rotatable bonds is 4. The van der Waals surface area contributed by atoms with E-state index in [0.29, 0.717) is 0 Å². The van der Waals surface area contributed by atoms with Gasteiger partial charge in [0.2, 0.25) is 0 Å². The van der Waals surface area contributed by atoms with E-state index in [1.165, 1.54) is 0 Å². The van der Waals surface area contributed by atoms with E-state index in [9.17, 15) is 0 Å². The second-order valence-electron chi connectivity index (χ2n) is 5.03. The molecule has 1 heterocycles. The van der Waals surface area contributed by atoms with E-state index in [4.69, 9.17) is 4.74 Å². The van der Waals surface area contributed by atoms with Gasteiger partial charge in [-0.05, 0) is 42.8 Å². The van der Waals surface area contributed by atoms with Crippen molar-refractivity contribution >= 4 is 32.8 Å². The van der Waals surface area contributed by atoms with Crippen LogP contribution in [0, 0.1) is 0 Å². The lowest BCUT2D eigenvalue weighted by molar-refractivity contribution is 0.414. The van der Waals surface area contributed by atoms with Crippen molar-refractivity contribution in [2.75, 3.05) is 12.4 Å². The first-order chi connectivity index (χ1) is 10.7. The molecule has 0 spiro atoms. The lowest BCUT2D eigenvalue weighted by atomic mass is 10.1. The summed E-state index contributed by atoms with van der Waals surface area (Å²) in [5, 5.41) is 3.38. The molecule has 0 unspecified atom stereocenters. The van der Waals surface area contributed by atoms with Crippen molar-refractivity contribution in [2.45, 2.75) is 13.0 Å². The van der Waals surface area contributed by atoms with Crippen LogP contribution in [-0.2, 0) is 0 Å². The van der Waals surface area contributed by atoms with Crippen LogP contribution in [0.1, 0.15) is 18.5 Å². The van der Waals surface area contributed by atoms with Crippen molar-refractivity contribution in [1.82, 2.24) is 9.97 Å². The van der Waals surface area contributed by atoms with Crippen molar-refractivity contribution in [1.29, 1.82) is 0 Å². The number of aromatic nitrogens is 2. The molecule has 3 aromatic rings. The fraction of sp³-hybridized carbons (Fsp3) is 0.176. The molecule has 0 aliphatic carbocycles.